The van der Waals surface area contributed by atoms with Crippen LogP contribution in [0, 0.1) is 6.92 Å². The molecule has 0 radical (unpaired) electrons. The van der Waals surface area contributed by atoms with E-state index in [1.54, 1.807) is 18.2 Å². The first kappa shape index (κ1) is 20.0. The van der Waals surface area contributed by atoms with Crippen LogP contribution in [0.2, 0.25) is 5.02 Å². The van der Waals surface area contributed by atoms with Gasteiger partial charge in [-0.05, 0) is 38.0 Å². The molecule has 0 saturated carbocycles. The van der Waals surface area contributed by atoms with Gasteiger partial charge in [-0.3, -0.25) is 0 Å². The quantitative estimate of drug-likeness (QED) is 0.679. The van der Waals surface area contributed by atoms with Gasteiger partial charge in [0.05, 0.1) is 23.4 Å². The smallest absolute Gasteiger partial charge is 0.337 e. The minimum atomic E-state index is -0.423. The maximum Gasteiger partial charge on any atom is 0.337 e. The number of hydrogen-bond acceptors (Lipinski definition) is 6. The monoisotopic (exact) mass is 376 g/mol. The van der Waals surface area contributed by atoms with E-state index >= 15 is 0 Å². The molecule has 0 atom stereocenters. The number of methoxy groups -OCH3 is 1. The molecule has 1 heterocycles. The minimum Gasteiger partial charge on any atom is -0.465 e. The number of nitrogens with one attached hydrogen (secondary N) is 1. The molecule has 0 spiro atoms. The predicted octanol–water partition coefficient (Wildman–Crippen LogP) is 4.60. The van der Waals surface area contributed by atoms with E-state index in [9.17, 15) is 4.79 Å². The van der Waals surface area contributed by atoms with E-state index in [0.29, 0.717) is 22.2 Å². The second-order valence-corrected chi connectivity index (χ2v) is 6.40. The summed E-state index contributed by atoms with van der Waals surface area (Å²) in [6, 6.07) is 6.87. The molecule has 0 aliphatic heterocycles. The Morgan fingerprint density at radius 1 is 1.19 bits per heavy atom. The Labute approximate surface area is 159 Å². The second kappa shape index (κ2) is 9.38. The minimum absolute atomic E-state index is 0.408. The van der Waals surface area contributed by atoms with Gasteiger partial charge in [-0.25, -0.2) is 9.78 Å². The van der Waals surface area contributed by atoms with Crippen LogP contribution in [0.25, 0.3) is 0 Å². The zero-order valence-corrected chi connectivity index (χ0v) is 16.4. The molecular formula is C19H25ClN4O2. The highest BCUT2D eigenvalue weighted by molar-refractivity contribution is 6.33. The van der Waals surface area contributed by atoms with Gasteiger partial charge in [-0.15, -0.1) is 0 Å². The van der Waals surface area contributed by atoms with Crippen LogP contribution in [-0.4, -0.2) is 36.1 Å². The third-order valence-corrected chi connectivity index (χ3v) is 4.12. The molecule has 2 rings (SSSR count). The fourth-order valence-corrected chi connectivity index (χ4v) is 2.80. The molecule has 0 unspecified atom stereocenters. The highest BCUT2D eigenvalue weighted by Gasteiger charge is 2.13. The van der Waals surface area contributed by atoms with Gasteiger partial charge in [-0.2, -0.15) is 4.98 Å². The third-order valence-electron chi connectivity index (χ3n) is 3.79. The molecule has 0 aliphatic rings. The molecule has 0 amide bonds. The van der Waals surface area contributed by atoms with Crippen LogP contribution in [0.15, 0.2) is 24.3 Å². The van der Waals surface area contributed by atoms with E-state index in [1.165, 1.54) is 7.11 Å². The van der Waals surface area contributed by atoms with Crippen molar-refractivity contribution in [2.24, 2.45) is 0 Å². The number of carbonyl (C=O) groups excluding carboxylic acids is 1. The largest absolute Gasteiger partial charge is 0.465 e. The summed E-state index contributed by atoms with van der Waals surface area (Å²) in [6.07, 6.45) is 2.08. The van der Waals surface area contributed by atoms with E-state index < -0.39 is 5.97 Å². The number of halogens is 1. The molecule has 140 valence electrons. The summed E-state index contributed by atoms with van der Waals surface area (Å²) in [5.74, 6) is 0.901. The molecule has 1 aromatic carbocycles. The summed E-state index contributed by atoms with van der Waals surface area (Å²) in [5, 5.41) is 3.60. The zero-order valence-electron chi connectivity index (χ0n) is 15.7. The van der Waals surface area contributed by atoms with Crippen molar-refractivity contribution in [1.29, 1.82) is 0 Å². The molecule has 2 aromatic rings. The number of rotatable bonds is 8. The van der Waals surface area contributed by atoms with Crippen LogP contribution in [0.5, 0.6) is 0 Å². The molecule has 7 heteroatoms. The zero-order chi connectivity index (χ0) is 19.1. The molecule has 0 bridgehead atoms. The van der Waals surface area contributed by atoms with E-state index in [2.05, 4.69) is 34.0 Å². The standard InChI is InChI=1S/C19H25ClN4O2/c1-5-9-24(10-6-2)17-11-13(3)21-19(23-17)22-16-12-14(18(25)26-4)7-8-15(16)20/h7-8,11-12H,5-6,9-10H2,1-4H3,(H,21,22,23). The summed E-state index contributed by atoms with van der Waals surface area (Å²) < 4.78 is 4.76. The van der Waals surface area contributed by atoms with Crippen molar-refractivity contribution >= 4 is 35.0 Å². The average molecular weight is 377 g/mol. The number of aromatic nitrogens is 2. The van der Waals surface area contributed by atoms with Crippen molar-refractivity contribution in [1.82, 2.24) is 9.97 Å². The summed E-state index contributed by atoms with van der Waals surface area (Å²) in [6.45, 7) is 8.09. The van der Waals surface area contributed by atoms with Crippen LogP contribution in [0.3, 0.4) is 0 Å². The van der Waals surface area contributed by atoms with E-state index in [-0.39, 0.29) is 0 Å². The molecule has 0 saturated heterocycles. The van der Waals surface area contributed by atoms with Gasteiger partial charge >= 0.3 is 5.97 Å². The van der Waals surface area contributed by atoms with Crippen LogP contribution in [0.1, 0.15) is 42.7 Å². The Hall–Kier alpha value is -2.34. The molecule has 0 aliphatic carbocycles. The highest BCUT2D eigenvalue weighted by atomic mass is 35.5. The average Bonchev–Trinajstić information content (AvgIpc) is 2.62. The van der Waals surface area contributed by atoms with Crippen LogP contribution in [0.4, 0.5) is 17.5 Å². The lowest BCUT2D eigenvalue weighted by atomic mass is 10.2. The SMILES string of the molecule is CCCN(CCC)c1cc(C)nc(Nc2cc(C(=O)OC)ccc2Cl)n1. The Balaban J connectivity index is 2.33. The molecule has 6 nitrogen and oxygen atoms in total. The van der Waals surface area contributed by atoms with Gasteiger partial charge in [0.15, 0.2) is 0 Å². The molecule has 1 aromatic heterocycles. The van der Waals surface area contributed by atoms with Crippen molar-refractivity contribution in [2.75, 3.05) is 30.4 Å². The maximum absolute atomic E-state index is 11.7. The van der Waals surface area contributed by atoms with Gasteiger partial charge in [0.25, 0.3) is 0 Å². The second-order valence-electron chi connectivity index (χ2n) is 5.99. The van der Waals surface area contributed by atoms with Crippen LogP contribution >= 0.6 is 11.6 Å². The number of anilines is 3. The van der Waals surface area contributed by atoms with E-state index in [4.69, 9.17) is 16.3 Å². The first-order chi connectivity index (χ1) is 12.5. The van der Waals surface area contributed by atoms with Gasteiger partial charge in [-0.1, -0.05) is 25.4 Å². The first-order valence-electron chi connectivity index (χ1n) is 8.74. The van der Waals surface area contributed by atoms with E-state index in [1.807, 2.05) is 13.0 Å². The summed E-state index contributed by atoms with van der Waals surface area (Å²) >= 11 is 6.25. The Bertz CT molecular complexity index is 761. The number of nitrogens with zero attached hydrogens (tertiary/aromatic N) is 3. The van der Waals surface area contributed by atoms with Crippen molar-refractivity contribution in [2.45, 2.75) is 33.6 Å². The topological polar surface area (TPSA) is 67.4 Å². The summed E-state index contributed by atoms with van der Waals surface area (Å²) in [4.78, 5) is 23.1. The molecule has 26 heavy (non-hydrogen) atoms. The lowest BCUT2D eigenvalue weighted by molar-refractivity contribution is 0.0601. The van der Waals surface area contributed by atoms with Gasteiger partial charge in [0.1, 0.15) is 5.82 Å². The van der Waals surface area contributed by atoms with Crippen molar-refractivity contribution in [3.8, 4) is 0 Å². The highest BCUT2D eigenvalue weighted by Crippen LogP contribution is 2.27. The van der Waals surface area contributed by atoms with Gasteiger partial charge in [0, 0.05) is 24.8 Å². The number of hydrogen-bond donors (Lipinski definition) is 1. The number of carbonyl (C=O) groups is 1. The van der Waals surface area contributed by atoms with Gasteiger partial charge in [0.2, 0.25) is 5.95 Å². The maximum atomic E-state index is 11.7. The molecule has 1 N–H and O–H groups in total. The predicted molar refractivity (Wildman–Crippen MR) is 106 cm³/mol. The normalized spacial score (nSPS) is 10.5. The lowest BCUT2D eigenvalue weighted by Crippen LogP contribution is -2.26. The Kier molecular flexibility index (Phi) is 7.21. The fourth-order valence-electron chi connectivity index (χ4n) is 2.64. The fraction of sp³-hybridized carbons (Fsp3) is 0.421. The van der Waals surface area contributed by atoms with Gasteiger partial charge < -0.3 is 15.0 Å². The number of benzene rings is 1. The van der Waals surface area contributed by atoms with E-state index in [0.717, 1.165) is 37.4 Å². The first-order valence-corrected chi connectivity index (χ1v) is 9.11. The summed E-state index contributed by atoms with van der Waals surface area (Å²) in [5.41, 5.74) is 1.82. The molecular weight excluding hydrogens is 352 g/mol. The summed E-state index contributed by atoms with van der Waals surface area (Å²) in [7, 11) is 1.34. The third kappa shape index (κ3) is 5.08. The number of ether oxygens (including phenoxy) is 1. The lowest BCUT2D eigenvalue weighted by Gasteiger charge is -2.23. The Morgan fingerprint density at radius 3 is 2.50 bits per heavy atom. The van der Waals surface area contributed by atoms with Crippen LogP contribution in [-0.2, 0) is 4.74 Å². The Morgan fingerprint density at radius 2 is 1.88 bits per heavy atom. The van der Waals surface area contributed by atoms with Crippen molar-refractivity contribution in [3.63, 3.8) is 0 Å². The number of aryl methyl sites for hydroxylation is 1. The van der Waals surface area contributed by atoms with Crippen molar-refractivity contribution < 1.29 is 9.53 Å². The van der Waals surface area contributed by atoms with Crippen LogP contribution < -0.4 is 10.2 Å². The van der Waals surface area contributed by atoms with Crippen molar-refractivity contribution in [3.05, 3.63) is 40.5 Å². The molecule has 0 fully saturated rings. The number of esters is 1.